The van der Waals surface area contributed by atoms with Crippen molar-refractivity contribution in [3.63, 3.8) is 0 Å². The topological polar surface area (TPSA) is 75.9 Å². The fraction of sp³-hybridized carbons (Fsp3) is 0.867. The zero-order chi connectivity index (χ0) is 15.2. The maximum absolute atomic E-state index is 12.1. The smallest absolute Gasteiger partial charge is 0.241 e. The van der Waals surface area contributed by atoms with Gasteiger partial charge in [-0.2, -0.15) is 0 Å². The van der Waals surface area contributed by atoms with E-state index in [0.29, 0.717) is 18.2 Å². The third kappa shape index (κ3) is 4.41. The molecule has 1 unspecified atom stereocenters. The Bertz CT molecular complexity index is 367. The molecule has 2 N–H and O–H groups in total. The van der Waals surface area contributed by atoms with Crippen LogP contribution < -0.4 is 5.73 Å². The van der Waals surface area contributed by atoms with Gasteiger partial charge in [0.1, 0.15) is 6.04 Å². The first-order valence-electron chi connectivity index (χ1n) is 7.93. The summed E-state index contributed by atoms with van der Waals surface area (Å²) in [4.78, 5) is 27.8. The highest BCUT2D eigenvalue weighted by Crippen LogP contribution is 2.21. The summed E-state index contributed by atoms with van der Waals surface area (Å²) in [5.41, 5.74) is 5.79. The zero-order valence-corrected chi connectivity index (χ0v) is 12.9. The van der Waals surface area contributed by atoms with E-state index in [1.807, 2.05) is 9.80 Å². The number of likely N-dealkylation sites (tertiary alicyclic amines) is 2. The minimum atomic E-state index is -0.560. The molecule has 2 heterocycles. The van der Waals surface area contributed by atoms with Gasteiger partial charge in [0.15, 0.2) is 0 Å². The van der Waals surface area contributed by atoms with E-state index in [9.17, 15) is 9.59 Å². The number of methoxy groups -OCH3 is 1. The molecule has 2 aliphatic rings. The molecular formula is C15H27N3O3. The van der Waals surface area contributed by atoms with E-state index < -0.39 is 6.04 Å². The standard InChI is InChI=1S/C15H27N3O3/c1-21-11-13(16)15(20)17-8-5-12(6-9-17)10-18-7-3-2-4-14(18)19/h12-13H,2-11,16H2,1H3. The summed E-state index contributed by atoms with van der Waals surface area (Å²) in [5, 5.41) is 0. The van der Waals surface area contributed by atoms with E-state index in [1.165, 1.54) is 0 Å². The van der Waals surface area contributed by atoms with E-state index >= 15 is 0 Å². The highest BCUT2D eigenvalue weighted by atomic mass is 16.5. The van der Waals surface area contributed by atoms with E-state index in [-0.39, 0.29) is 12.5 Å². The van der Waals surface area contributed by atoms with Gasteiger partial charge in [0, 0.05) is 39.7 Å². The number of piperidine rings is 2. The molecule has 0 aromatic rings. The minimum absolute atomic E-state index is 0.0238. The number of ether oxygens (including phenoxy) is 1. The average Bonchev–Trinajstić information content (AvgIpc) is 2.50. The second-order valence-electron chi connectivity index (χ2n) is 6.13. The first-order valence-corrected chi connectivity index (χ1v) is 7.93. The lowest BCUT2D eigenvalue weighted by Gasteiger charge is -2.36. The lowest BCUT2D eigenvalue weighted by atomic mass is 9.95. The summed E-state index contributed by atoms with van der Waals surface area (Å²) in [5.74, 6) is 0.779. The molecule has 0 aromatic carbocycles. The highest BCUT2D eigenvalue weighted by molar-refractivity contribution is 5.81. The van der Waals surface area contributed by atoms with Crippen molar-refractivity contribution in [3.05, 3.63) is 0 Å². The summed E-state index contributed by atoms with van der Waals surface area (Å²) >= 11 is 0. The number of nitrogens with zero attached hydrogens (tertiary/aromatic N) is 2. The van der Waals surface area contributed by atoms with Crippen LogP contribution >= 0.6 is 0 Å². The summed E-state index contributed by atoms with van der Waals surface area (Å²) < 4.78 is 4.93. The molecule has 120 valence electrons. The van der Waals surface area contributed by atoms with Crippen molar-refractivity contribution >= 4 is 11.8 Å². The predicted molar refractivity (Wildman–Crippen MR) is 79.6 cm³/mol. The van der Waals surface area contributed by atoms with Crippen LogP contribution in [0.1, 0.15) is 32.1 Å². The molecule has 0 radical (unpaired) electrons. The number of rotatable bonds is 5. The van der Waals surface area contributed by atoms with Gasteiger partial charge in [0.2, 0.25) is 11.8 Å². The monoisotopic (exact) mass is 297 g/mol. The Labute approximate surface area is 126 Å². The van der Waals surface area contributed by atoms with Gasteiger partial charge in [-0.15, -0.1) is 0 Å². The van der Waals surface area contributed by atoms with Crippen LogP contribution in [-0.4, -0.2) is 67.6 Å². The van der Waals surface area contributed by atoms with E-state index in [1.54, 1.807) is 7.11 Å². The third-order valence-corrected chi connectivity index (χ3v) is 4.49. The first-order chi connectivity index (χ1) is 10.1. The van der Waals surface area contributed by atoms with Gasteiger partial charge in [-0.3, -0.25) is 9.59 Å². The second kappa shape index (κ2) is 7.75. The Hall–Kier alpha value is -1.14. The van der Waals surface area contributed by atoms with Crippen LogP contribution in [0.5, 0.6) is 0 Å². The lowest BCUT2D eigenvalue weighted by molar-refractivity contribution is -0.137. The van der Waals surface area contributed by atoms with E-state index in [2.05, 4.69) is 0 Å². The highest BCUT2D eigenvalue weighted by Gasteiger charge is 2.28. The molecule has 0 bridgehead atoms. The van der Waals surface area contributed by atoms with Crippen LogP contribution in [0.2, 0.25) is 0 Å². The summed E-state index contributed by atoms with van der Waals surface area (Å²) in [6.45, 7) is 3.49. The quantitative estimate of drug-likeness (QED) is 0.787. The average molecular weight is 297 g/mol. The lowest BCUT2D eigenvalue weighted by Crippen LogP contribution is -2.50. The number of carbonyl (C=O) groups excluding carboxylic acids is 2. The molecule has 2 amide bonds. The van der Waals surface area contributed by atoms with Gasteiger partial charge in [-0.1, -0.05) is 0 Å². The van der Waals surface area contributed by atoms with Crippen molar-refractivity contribution in [1.82, 2.24) is 9.80 Å². The predicted octanol–water partition coefficient (Wildman–Crippen LogP) is 0.211. The van der Waals surface area contributed by atoms with Crippen molar-refractivity contribution in [2.75, 3.05) is 39.9 Å². The Morgan fingerprint density at radius 3 is 2.67 bits per heavy atom. The number of nitrogens with two attached hydrogens (primary N) is 1. The van der Waals surface area contributed by atoms with Gasteiger partial charge < -0.3 is 20.3 Å². The second-order valence-corrected chi connectivity index (χ2v) is 6.13. The summed E-state index contributed by atoms with van der Waals surface area (Å²) in [6, 6.07) is -0.560. The van der Waals surface area contributed by atoms with Crippen molar-refractivity contribution in [3.8, 4) is 0 Å². The fourth-order valence-corrected chi connectivity index (χ4v) is 3.19. The molecule has 0 aliphatic carbocycles. The molecule has 0 aromatic heterocycles. The molecular weight excluding hydrogens is 270 g/mol. The molecule has 2 fully saturated rings. The zero-order valence-electron chi connectivity index (χ0n) is 12.9. The normalized spacial score (nSPS) is 22.5. The number of carbonyl (C=O) groups is 2. The van der Waals surface area contributed by atoms with Crippen LogP contribution in [0.25, 0.3) is 0 Å². The van der Waals surface area contributed by atoms with Gasteiger partial charge >= 0.3 is 0 Å². The third-order valence-electron chi connectivity index (χ3n) is 4.49. The molecule has 2 aliphatic heterocycles. The van der Waals surface area contributed by atoms with Gasteiger partial charge in [0.05, 0.1) is 6.61 Å². The van der Waals surface area contributed by atoms with E-state index in [4.69, 9.17) is 10.5 Å². The molecule has 2 saturated heterocycles. The van der Waals surface area contributed by atoms with Gasteiger partial charge in [0.25, 0.3) is 0 Å². The molecule has 2 rings (SSSR count). The van der Waals surface area contributed by atoms with Crippen LogP contribution in [0.15, 0.2) is 0 Å². The Morgan fingerprint density at radius 2 is 2.05 bits per heavy atom. The maximum atomic E-state index is 12.1. The largest absolute Gasteiger partial charge is 0.383 e. The molecule has 0 spiro atoms. The molecule has 21 heavy (non-hydrogen) atoms. The number of hydrogen-bond donors (Lipinski definition) is 1. The minimum Gasteiger partial charge on any atom is -0.383 e. The summed E-state index contributed by atoms with van der Waals surface area (Å²) in [6.07, 6.45) is 4.75. The van der Waals surface area contributed by atoms with Crippen LogP contribution in [0, 0.1) is 5.92 Å². The Morgan fingerprint density at radius 1 is 1.33 bits per heavy atom. The molecule has 1 atom stereocenters. The van der Waals surface area contributed by atoms with Crippen molar-refractivity contribution in [2.45, 2.75) is 38.1 Å². The van der Waals surface area contributed by atoms with Gasteiger partial charge in [-0.05, 0) is 31.6 Å². The maximum Gasteiger partial charge on any atom is 0.241 e. The first kappa shape index (κ1) is 16.2. The Balaban J connectivity index is 1.75. The summed E-state index contributed by atoms with van der Waals surface area (Å²) in [7, 11) is 1.55. The Kier molecular flexibility index (Phi) is 5.99. The van der Waals surface area contributed by atoms with Crippen molar-refractivity contribution < 1.29 is 14.3 Å². The number of hydrogen-bond acceptors (Lipinski definition) is 4. The number of amides is 2. The van der Waals surface area contributed by atoms with Gasteiger partial charge in [-0.25, -0.2) is 0 Å². The molecule has 0 saturated carbocycles. The van der Waals surface area contributed by atoms with Crippen molar-refractivity contribution in [2.24, 2.45) is 11.7 Å². The van der Waals surface area contributed by atoms with E-state index in [0.717, 1.165) is 51.9 Å². The molecule has 6 nitrogen and oxygen atoms in total. The van der Waals surface area contributed by atoms with Crippen LogP contribution in [-0.2, 0) is 14.3 Å². The van der Waals surface area contributed by atoms with Crippen LogP contribution in [0.4, 0.5) is 0 Å². The molecule has 6 heteroatoms. The van der Waals surface area contributed by atoms with Crippen molar-refractivity contribution in [1.29, 1.82) is 0 Å². The SMILES string of the molecule is COCC(N)C(=O)N1CCC(CN2CCCCC2=O)CC1. The fourth-order valence-electron chi connectivity index (χ4n) is 3.19. The van der Waals surface area contributed by atoms with Crippen LogP contribution in [0.3, 0.4) is 0 Å².